The highest BCUT2D eigenvalue weighted by Crippen LogP contribution is 2.37. The van der Waals surface area contributed by atoms with Gasteiger partial charge in [-0.2, -0.15) is 5.10 Å². The van der Waals surface area contributed by atoms with E-state index in [0.29, 0.717) is 0 Å². The molecule has 1 aromatic carbocycles. The van der Waals surface area contributed by atoms with Crippen LogP contribution in [0.2, 0.25) is 0 Å². The predicted molar refractivity (Wildman–Crippen MR) is 132 cm³/mol. The van der Waals surface area contributed by atoms with E-state index >= 15 is 0 Å². The molecule has 0 unspecified atom stereocenters. The molecule has 0 atom stereocenters. The van der Waals surface area contributed by atoms with E-state index in [1.54, 1.807) is 29.7 Å². The van der Waals surface area contributed by atoms with Crippen LogP contribution in [0.5, 0.6) is 0 Å². The highest BCUT2D eigenvalue weighted by molar-refractivity contribution is 8.93. The van der Waals surface area contributed by atoms with E-state index in [9.17, 15) is 4.79 Å². The van der Waals surface area contributed by atoms with Crippen LogP contribution in [0, 0.1) is 0 Å². The summed E-state index contributed by atoms with van der Waals surface area (Å²) >= 11 is 1.55. The zero-order valence-corrected chi connectivity index (χ0v) is 19.9. The Morgan fingerprint density at radius 3 is 2.52 bits per heavy atom. The van der Waals surface area contributed by atoms with Crippen LogP contribution in [0.3, 0.4) is 0 Å². The largest absolute Gasteiger partial charge is 0.361 e. The molecule has 0 aliphatic carbocycles. The summed E-state index contributed by atoms with van der Waals surface area (Å²) in [5, 5.41) is 8.84. The lowest BCUT2D eigenvalue weighted by Crippen LogP contribution is -2.23. The summed E-state index contributed by atoms with van der Waals surface area (Å²) < 4.78 is 1.51. The average Bonchev–Trinajstić information content (AvgIpc) is 3.19. The Labute approximate surface area is 195 Å². The lowest BCUT2D eigenvalue weighted by molar-refractivity contribution is 0.505. The number of pyridine rings is 1. The molecule has 0 radical (unpaired) electrons. The molecule has 0 amide bonds. The van der Waals surface area contributed by atoms with Gasteiger partial charge in [-0.1, -0.05) is 47.7 Å². The zero-order valence-electron chi connectivity index (χ0n) is 17.4. The molecule has 0 saturated heterocycles. The van der Waals surface area contributed by atoms with Gasteiger partial charge in [0, 0.05) is 36.5 Å². The van der Waals surface area contributed by atoms with Gasteiger partial charge in [0.15, 0.2) is 5.13 Å². The molecule has 0 bridgehead atoms. The van der Waals surface area contributed by atoms with E-state index in [4.69, 9.17) is 4.98 Å². The molecule has 8 heteroatoms. The van der Waals surface area contributed by atoms with Crippen molar-refractivity contribution in [2.24, 2.45) is 0 Å². The third-order valence-electron chi connectivity index (χ3n) is 4.60. The van der Waals surface area contributed by atoms with Crippen LogP contribution < -0.4 is 10.9 Å². The monoisotopic (exact) mass is 497 g/mol. The minimum Gasteiger partial charge on any atom is -0.361 e. The Bertz CT molecular complexity index is 1180. The zero-order chi connectivity index (χ0) is 20.9. The Morgan fingerprint density at radius 2 is 1.81 bits per heavy atom. The molecule has 0 aliphatic heterocycles. The van der Waals surface area contributed by atoms with Crippen molar-refractivity contribution < 1.29 is 0 Å². The van der Waals surface area contributed by atoms with Gasteiger partial charge in [-0.05, 0) is 32.0 Å². The fourth-order valence-electron chi connectivity index (χ4n) is 3.12. The minimum atomic E-state index is -0.103. The number of benzene rings is 1. The second-order valence-electron chi connectivity index (χ2n) is 7.16. The fraction of sp³-hybridized carbons (Fsp3) is 0.217. The van der Waals surface area contributed by atoms with Gasteiger partial charge in [-0.3, -0.25) is 9.78 Å². The normalized spacial score (nSPS) is 10.7. The summed E-state index contributed by atoms with van der Waals surface area (Å²) in [6.07, 6.45) is 2.62. The first kappa shape index (κ1) is 22.8. The van der Waals surface area contributed by atoms with Crippen LogP contribution in [-0.4, -0.2) is 26.3 Å². The van der Waals surface area contributed by atoms with Crippen LogP contribution in [0.4, 0.5) is 5.13 Å². The smallest absolute Gasteiger partial charge is 0.267 e. The molecule has 3 heterocycles. The number of hydrogen-bond donors (Lipinski definition) is 1. The van der Waals surface area contributed by atoms with Crippen molar-refractivity contribution in [3.63, 3.8) is 0 Å². The molecule has 0 aliphatic rings. The summed E-state index contributed by atoms with van der Waals surface area (Å²) in [5.74, 6) is 0. The summed E-state index contributed by atoms with van der Waals surface area (Å²) in [6, 6.07) is 19.3. The van der Waals surface area contributed by atoms with E-state index in [0.717, 1.165) is 45.6 Å². The van der Waals surface area contributed by atoms with Crippen LogP contribution in [-0.2, 0) is 6.42 Å². The molecule has 6 nitrogen and oxygen atoms in total. The Balaban J connectivity index is 0.00000272. The Morgan fingerprint density at radius 1 is 1.03 bits per heavy atom. The molecule has 4 aromatic rings. The average molecular weight is 498 g/mol. The number of nitrogens with zero attached hydrogens (tertiary/aromatic N) is 4. The first-order valence-corrected chi connectivity index (χ1v) is 10.7. The van der Waals surface area contributed by atoms with E-state index in [2.05, 4.69) is 15.4 Å². The van der Waals surface area contributed by atoms with E-state index < -0.39 is 0 Å². The first-order chi connectivity index (χ1) is 14.6. The molecule has 0 saturated carbocycles. The van der Waals surface area contributed by atoms with Crippen molar-refractivity contribution in [3.8, 4) is 21.8 Å². The van der Waals surface area contributed by atoms with E-state index in [1.165, 1.54) is 4.68 Å². The number of halogens is 1. The van der Waals surface area contributed by atoms with Gasteiger partial charge in [0.2, 0.25) is 0 Å². The van der Waals surface area contributed by atoms with Crippen molar-refractivity contribution in [1.82, 2.24) is 19.7 Å². The van der Waals surface area contributed by atoms with Gasteiger partial charge in [0.05, 0.1) is 16.6 Å². The van der Waals surface area contributed by atoms with Gasteiger partial charge in [-0.15, -0.1) is 17.0 Å². The maximum absolute atomic E-state index is 12.2. The predicted octanol–water partition coefficient (Wildman–Crippen LogP) is 5.24. The molecule has 1 N–H and O–H groups in total. The SMILES string of the molecule is Br.CC(C)n1nc(-c2sc(NCCc3ccccn3)nc2-c2ccccc2)ccc1=O. The maximum atomic E-state index is 12.2. The molecular formula is C23H24BrN5OS. The third-order valence-corrected chi connectivity index (χ3v) is 5.64. The quantitative estimate of drug-likeness (QED) is 0.377. The maximum Gasteiger partial charge on any atom is 0.267 e. The first-order valence-electron chi connectivity index (χ1n) is 9.92. The highest BCUT2D eigenvalue weighted by Gasteiger charge is 2.17. The van der Waals surface area contributed by atoms with Gasteiger partial charge < -0.3 is 5.32 Å². The Kier molecular flexibility index (Phi) is 7.70. The summed E-state index contributed by atoms with van der Waals surface area (Å²) in [5.41, 5.74) is 3.56. The van der Waals surface area contributed by atoms with E-state index in [1.807, 2.05) is 62.4 Å². The number of nitrogens with one attached hydrogen (secondary N) is 1. The lowest BCUT2D eigenvalue weighted by Gasteiger charge is -2.09. The van der Waals surface area contributed by atoms with Gasteiger partial charge in [0.25, 0.3) is 5.56 Å². The van der Waals surface area contributed by atoms with Crippen LogP contribution in [0.25, 0.3) is 21.8 Å². The van der Waals surface area contributed by atoms with Crippen LogP contribution in [0.1, 0.15) is 25.6 Å². The summed E-state index contributed by atoms with van der Waals surface area (Å²) in [4.78, 5) is 22.3. The summed E-state index contributed by atoms with van der Waals surface area (Å²) in [6.45, 7) is 4.64. The van der Waals surface area contributed by atoms with Gasteiger partial charge in [-0.25, -0.2) is 9.67 Å². The molecule has 3 aromatic heterocycles. The molecule has 4 rings (SSSR count). The second-order valence-corrected chi connectivity index (χ2v) is 8.15. The fourth-order valence-corrected chi connectivity index (χ4v) is 4.10. The van der Waals surface area contributed by atoms with Crippen LogP contribution in [0.15, 0.2) is 71.7 Å². The van der Waals surface area contributed by atoms with Gasteiger partial charge in [0.1, 0.15) is 5.69 Å². The van der Waals surface area contributed by atoms with Crippen molar-refractivity contribution in [2.75, 3.05) is 11.9 Å². The lowest BCUT2D eigenvalue weighted by atomic mass is 10.1. The van der Waals surface area contributed by atoms with Crippen LogP contribution >= 0.6 is 28.3 Å². The summed E-state index contributed by atoms with van der Waals surface area (Å²) in [7, 11) is 0. The highest BCUT2D eigenvalue weighted by atomic mass is 79.9. The van der Waals surface area contributed by atoms with E-state index in [-0.39, 0.29) is 28.6 Å². The second kappa shape index (κ2) is 10.5. The molecule has 0 spiro atoms. The number of rotatable bonds is 7. The topological polar surface area (TPSA) is 72.7 Å². The number of anilines is 1. The van der Waals surface area contributed by atoms with Gasteiger partial charge >= 0.3 is 0 Å². The molecule has 0 fully saturated rings. The molecule has 31 heavy (non-hydrogen) atoms. The van der Waals surface area contributed by atoms with Crippen molar-refractivity contribution in [2.45, 2.75) is 26.3 Å². The van der Waals surface area contributed by atoms with Crippen molar-refractivity contribution >= 4 is 33.4 Å². The standard InChI is InChI=1S/C23H23N5OS.BrH/c1-16(2)28-20(29)12-11-19(27-28)22-21(17-8-4-3-5-9-17)26-23(30-22)25-15-13-18-10-6-7-14-24-18;/h3-12,14,16H,13,15H2,1-2H3,(H,25,26);1H. The molecule has 160 valence electrons. The van der Waals surface area contributed by atoms with Crippen molar-refractivity contribution in [1.29, 1.82) is 0 Å². The number of hydrogen-bond acceptors (Lipinski definition) is 6. The number of aromatic nitrogens is 4. The number of thiazole rings is 1. The third kappa shape index (κ3) is 5.45. The molecular weight excluding hydrogens is 474 g/mol. The minimum absolute atomic E-state index is 0. The Hall–Kier alpha value is -2.84. The van der Waals surface area contributed by atoms with Crippen molar-refractivity contribution in [3.05, 3.63) is 82.9 Å².